The van der Waals surface area contributed by atoms with E-state index in [0.29, 0.717) is 6.04 Å². The van der Waals surface area contributed by atoms with Crippen molar-refractivity contribution < 1.29 is 4.39 Å². The van der Waals surface area contributed by atoms with Gasteiger partial charge in [0.05, 0.1) is 0 Å². The molecule has 0 radical (unpaired) electrons. The van der Waals surface area contributed by atoms with E-state index in [1.165, 1.54) is 6.07 Å². The Bertz CT molecular complexity index is 378. The van der Waals surface area contributed by atoms with Gasteiger partial charge in [0.1, 0.15) is 5.82 Å². The van der Waals surface area contributed by atoms with Crippen LogP contribution in [0.2, 0.25) is 0 Å². The molecule has 1 aliphatic rings. The monoisotopic (exact) mass is 236 g/mol. The summed E-state index contributed by atoms with van der Waals surface area (Å²) in [6.45, 7) is 7.10. The van der Waals surface area contributed by atoms with Crippen molar-refractivity contribution in [3.63, 3.8) is 0 Å². The van der Waals surface area contributed by atoms with Gasteiger partial charge < -0.3 is 10.2 Å². The van der Waals surface area contributed by atoms with Gasteiger partial charge in [-0.05, 0) is 38.4 Å². The molecule has 0 bridgehead atoms. The minimum Gasteiger partial charge on any atom is -0.370 e. The highest BCUT2D eigenvalue weighted by Crippen LogP contribution is 2.23. The van der Waals surface area contributed by atoms with Crippen molar-refractivity contribution in [2.45, 2.75) is 32.7 Å². The number of rotatable bonds is 2. The van der Waals surface area contributed by atoms with E-state index in [2.05, 4.69) is 17.1 Å². The molecule has 3 heteroatoms. The third kappa shape index (κ3) is 2.78. The highest BCUT2D eigenvalue weighted by atomic mass is 19.1. The first-order valence-electron chi connectivity index (χ1n) is 6.45. The summed E-state index contributed by atoms with van der Waals surface area (Å²) < 4.78 is 13.6. The smallest absolute Gasteiger partial charge is 0.128 e. The summed E-state index contributed by atoms with van der Waals surface area (Å²) in [6.07, 6.45) is 2.23. The van der Waals surface area contributed by atoms with Gasteiger partial charge in [0.15, 0.2) is 0 Å². The molecule has 0 aromatic heterocycles. The largest absolute Gasteiger partial charge is 0.370 e. The molecule has 1 N–H and O–H groups in total. The highest BCUT2D eigenvalue weighted by molar-refractivity contribution is 5.53. The van der Waals surface area contributed by atoms with Gasteiger partial charge in [-0.2, -0.15) is 0 Å². The Labute approximate surface area is 103 Å². The standard InChI is InChI=1S/C14H21FN2/c1-3-12-10-17(9-5-8-16-12)14-7-4-6-13(15)11(14)2/h4,6-7,12,16H,3,5,8-10H2,1-2H3. The summed E-state index contributed by atoms with van der Waals surface area (Å²) in [7, 11) is 0. The van der Waals surface area contributed by atoms with Gasteiger partial charge in [0, 0.05) is 30.4 Å². The minimum absolute atomic E-state index is 0.104. The number of hydrogen-bond donors (Lipinski definition) is 1. The molecule has 0 spiro atoms. The molecule has 1 heterocycles. The average Bonchev–Trinajstić information content (AvgIpc) is 2.58. The molecular formula is C14H21FN2. The second-order valence-corrected chi connectivity index (χ2v) is 4.74. The predicted molar refractivity (Wildman–Crippen MR) is 70.0 cm³/mol. The van der Waals surface area contributed by atoms with Crippen LogP contribution in [-0.2, 0) is 0 Å². The Balaban J connectivity index is 2.22. The molecule has 1 saturated heterocycles. The van der Waals surface area contributed by atoms with E-state index in [1.807, 2.05) is 13.0 Å². The van der Waals surface area contributed by atoms with E-state index in [9.17, 15) is 4.39 Å². The van der Waals surface area contributed by atoms with Crippen LogP contribution in [0.15, 0.2) is 18.2 Å². The maximum atomic E-state index is 13.6. The van der Waals surface area contributed by atoms with E-state index >= 15 is 0 Å². The third-order valence-electron chi connectivity index (χ3n) is 3.55. The van der Waals surface area contributed by atoms with Crippen LogP contribution in [0.1, 0.15) is 25.3 Å². The molecule has 1 unspecified atom stereocenters. The molecule has 0 amide bonds. The van der Waals surface area contributed by atoms with E-state index in [0.717, 1.165) is 43.7 Å². The summed E-state index contributed by atoms with van der Waals surface area (Å²) in [6, 6.07) is 5.87. The predicted octanol–water partition coefficient (Wildman–Crippen LogP) is 2.71. The van der Waals surface area contributed by atoms with E-state index in [4.69, 9.17) is 0 Å². The van der Waals surface area contributed by atoms with Crippen LogP contribution in [0.3, 0.4) is 0 Å². The van der Waals surface area contributed by atoms with E-state index < -0.39 is 0 Å². The Morgan fingerprint density at radius 3 is 3.06 bits per heavy atom. The molecule has 2 nitrogen and oxygen atoms in total. The zero-order valence-corrected chi connectivity index (χ0v) is 10.7. The van der Waals surface area contributed by atoms with Gasteiger partial charge in [0.2, 0.25) is 0 Å². The lowest BCUT2D eigenvalue weighted by atomic mass is 10.1. The summed E-state index contributed by atoms with van der Waals surface area (Å²) >= 11 is 0. The van der Waals surface area contributed by atoms with Crippen LogP contribution in [0.5, 0.6) is 0 Å². The maximum Gasteiger partial charge on any atom is 0.128 e. The molecule has 1 aromatic carbocycles. The van der Waals surface area contributed by atoms with Crippen molar-refractivity contribution >= 4 is 5.69 Å². The number of nitrogens with zero attached hydrogens (tertiary/aromatic N) is 1. The second kappa shape index (κ2) is 5.50. The van der Waals surface area contributed by atoms with Crippen molar-refractivity contribution in [2.75, 3.05) is 24.5 Å². The van der Waals surface area contributed by atoms with Crippen molar-refractivity contribution in [3.05, 3.63) is 29.6 Å². The molecule has 2 rings (SSSR count). The Kier molecular flexibility index (Phi) is 4.00. The maximum absolute atomic E-state index is 13.6. The third-order valence-corrected chi connectivity index (χ3v) is 3.55. The van der Waals surface area contributed by atoms with Crippen LogP contribution in [0.25, 0.3) is 0 Å². The van der Waals surface area contributed by atoms with Gasteiger partial charge in [-0.15, -0.1) is 0 Å². The van der Waals surface area contributed by atoms with Crippen LogP contribution in [-0.4, -0.2) is 25.7 Å². The average molecular weight is 236 g/mol. The summed E-state index contributed by atoms with van der Waals surface area (Å²) in [4.78, 5) is 2.31. The number of nitrogens with one attached hydrogen (secondary N) is 1. The lowest BCUT2D eigenvalue weighted by Crippen LogP contribution is -2.37. The molecule has 1 fully saturated rings. The van der Waals surface area contributed by atoms with E-state index in [-0.39, 0.29) is 5.82 Å². The van der Waals surface area contributed by atoms with Crippen LogP contribution >= 0.6 is 0 Å². The molecule has 0 aliphatic carbocycles. The number of anilines is 1. The zero-order chi connectivity index (χ0) is 12.3. The molecule has 1 aromatic rings. The molecule has 94 valence electrons. The highest BCUT2D eigenvalue weighted by Gasteiger charge is 2.18. The Morgan fingerprint density at radius 2 is 2.29 bits per heavy atom. The lowest BCUT2D eigenvalue weighted by Gasteiger charge is -2.27. The summed E-state index contributed by atoms with van der Waals surface area (Å²) in [5, 5.41) is 3.53. The Morgan fingerprint density at radius 1 is 1.47 bits per heavy atom. The molecule has 0 saturated carbocycles. The molecule has 1 atom stereocenters. The van der Waals surface area contributed by atoms with Crippen LogP contribution in [0, 0.1) is 12.7 Å². The number of halogens is 1. The van der Waals surface area contributed by atoms with Gasteiger partial charge >= 0.3 is 0 Å². The Hall–Kier alpha value is -1.09. The van der Waals surface area contributed by atoms with Gasteiger partial charge in [-0.3, -0.25) is 0 Å². The van der Waals surface area contributed by atoms with Crippen LogP contribution in [0.4, 0.5) is 10.1 Å². The molecular weight excluding hydrogens is 215 g/mol. The fourth-order valence-electron chi connectivity index (χ4n) is 2.43. The van der Waals surface area contributed by atoms with Crippen molar-refractivity contribution in [3.8, 4) is 0 Å². The first-order valence-corrected chi connectivity index (χ1v) is 6.45. The second-order valence-electron chi connectivity index (χ2n) is 4.74. The SMILES string of the molecule is CCC1CN(c2cccc(F)c2C)CCCN1. The first-order chi connectivity index (χ1) is 8.22. The number of hydrogen-bond acceptors (Lipinski definition) is 2. The zero-order valence-electron chi connectivity index (χ0n) is 10.7. The fraction of sp³-hybridized carbons (Fsp3) is 0.571. The lowest BCUT2D eigenvalue weighted by molar-refractivity contribution is 0.528. The van der Waals surface area contributed by atoms with Gasteiger partial charge in [0.25, 0.3) is 0 Å². The topological polar surface area (TPSA) is 15.3 Å². The quantitative estimate of drug-likeness (QED) is 0.849. The number of benzene rings is 1. The van der Waals surface area contributed by atoms with Gasteiger partial charge in [-0.25, -0.2) is 4.39 Å². The summed E-state index contributed by atoms with van der Waals surface area (Å²) in [5.41, 5.74) is 1.82. The van der Waals surface area contributed by atoms with Crippen LogP contribution < -0.4 is 10.2 Å². The fourth-order valence-corrected chi connectivity index (χ4v) is 2.43. The van der Waals surface area contributed by atoms with E-state index in [1.54, 1.807) is 6.07 Å². The van der Waals surface area contributed by atoms with Crippen molar-refractivity contribution in [1.29, 1.82) is 0 Å². The normalized spacial score (nSPS) is 21.4. The summed E-state index contributed by atoms with van der Waals surface area (Å²) in [5.74, 6) is -0.104. The minimum atomic E-state index is -0.104. The first kappa shape index (κ1) is 12.4. The molecule has 17 heavy (non-hydrogen) atoms. The van der Waals surface area contributed by atoms with Crippen molar-refractivity contribution in [1.82, 2.24) is 5.32 Å². The van der Waals surface area contributed by atoms with Gasteiger partial charge in [-0.1, -0.05) is 13.0 Å². The van der Waals surface area contributed by atoms with Crippen molar-refractivity contribution in [2.24, 2.45) is 0 Å². The molecule has 1 aliphatic heterocycles.